The number of nitrogens with zero attached hydrogens (tertiary/aromatic N) is 2. The smallest absolute Gasteiger partial charge is 0.0174 e. The zero-order valence-corrected chi connectivity index (χ0v) is 10.8. The highest BCUT2D eigenvalue weighted by atomic mass is 15.2. The second kappa shape index (κ2) is 5.83. The van der Waals surface area contributed by atoms with E-state index >= 15 is 0 Å². The molecule has 0 bridgehead atoms. The third kappa shape index (κ3) is 4.49. The van der Waals surface area contributed by atoms with E-state index in [9.17, 15) is 0 Å². The lowest BCUT2D eigenvalue weighted by atomic mass is 9.90. The van der Waals surface area contributed by atoms with Gasteiger partial charge in [0.2, 0.25) is 0 Å². The molecule has 1 rings (SSSR count). The maximum absolute atomic E-state index is 3.44. The Kier molecular flexibility index (Phi) is 5.03. The Morgan fingerprint density at radius 3 is 2.33 bits per heavy atom. The summed E-state index contributed by atoms with van der Waals surface area (Å²) in [7, 11) is 6.38. The van der Waals surface area contributed by atoms with Crippen molar-refractivity contribution < 1.29 is 0 Å². The molecule has 1 fully saturated rings. The van der Waals surface area contributed by atoms with E-state index in [4.69, 9.17) is 0 Å². The average molecular weight is 213 g/mol. The molecule has 90 valence electrons. The molecule has 0 spiro atoms. The molecule has 0 aliphatic carbocycles. The summed E-state index contributed by atoms with van der Waals surface area (Å²) in [6.07, 6.45) is 3.86. The molecule has 0 aromatic rings. The van der Waals surface area contributed by atoms with Gasteiger partial charge in [-0.05, 0) is 73.5 Å². The highest BCUT2D eigenvalue weighted by molar-refractivity contribution is 4.87. The highest BCUT2D eigenvalue weighted by Crippen LogP contribution is 2.20. The molecule has 15 heavy (non-hydrogen) atoms. The van der Waals surface area contributed by atoms with Crippen LogP contribution in [0.25, 0.3) is 0 Å². The van der Waals surface area contributed by atoms with Gasteiger partial charge in [0.05, 0.1) is 0 Å². The first kappa shape index (κ1) is 12.9. The molecule has 0 radical (unpaired) electrons. The summed E-state index contributed by atoms with van der Waals surface area (Å²) in [4.78, 5) is 4.87. The van der Waals surface area contributed by atoms with E-state index in [1.54, 1.807) is 0 Å². The monoisotopic (exact) mass is 213 g/mol. The predicted molar refractivity (Wildman–Crippen MR) is 66.3 cm³/mol. The van der Waals surface area contributed by atoms with Gasteiger partial charge in [-0.1, -0.05) is 0 Å². The Balaban J connectivity index is 2.15. The van der Waals surface area contributed by atoms with Gasteiger partial charge in [0.25, 0.3) is 0 Å². The molecule has 1 heterocycles. The largest absolute Gasteiger partial charge is 0.314 e. The Morgan fingerprint density at radius 2 is 1.87 bits per heavy atom. The Morgan fingerprint density at radius 1 is 1.27 bits per heavy atom. The fraction of sp³-hybridized carbons (Fsp3) is 1.00. The van der Waals surface area contributed by atoms with Crippen molar-refractivity contribution in [3.05, 3.63) is 0 Å². The van der Waals surface area contributed by atoms with E-state index in [1.807, 2.05) is 0 Å². The number of nitrogens with one attached hydrogen (secondary N) is 1. The van der Waals surface area contributed by atoms with Crippen LogP contribution in [0, 0.1) is 0 Å². The molecule has 3 nitrogen and oxygen atoms in total. The summed E-state index contributed by atoms with van der Waals surface area (Å²) in [6, 6.07) is 0. The summed E-state index contributed by atoms with van der Waals surface area (Å²) in [5, 5.41) is 3.44. The van der Waals surface area contributed by atoms with Gasteiger partial charge in [0, 0.05) is 5.54 Å². The second-order valence-electron chi connectivity index (χ2n) is 5.31. The van der Waals surface area contributed by atoms with E-state index in [0.717, 1.165) is 0 Å². The van der Waals surface area contributed by atoms with Gasteiger partial charge in [0.15, 0.2) is 0 Å². The van der Waals surface area contributed by atoms with E-state index in [-0.39, 0.29) is 0 Å². The fourth-order valence-corrected chi connectivity index (χ4v) is 2.13. The van der Waals surface area contributed by atoms with Crippen LogP contribution < -0.4 is 5.32 Å². The first-order valence-corrected chi connectivity index (χ1v) is 6.12. The molecule has 0 saturated carbocycles. The normalized spacial score (nSPS) is 22.2. The third-order valence-electron chi connectivity index (χ3n) is 3.64. The van der Waals surface area contributed by atoms with Crippen molar-refractivity contribution in [1.29, 1.82) is 0 Å². The van der Waals surface area contributed by atoms with Crippen molar-refractivity contribution in [2.75, 3.05) is 47.3 Å². The lowest BCUT2D eigenvalue weighted by molar-refractivity contribution is 0.148. The Hall–Kier alpha value is -0.120. The molecule has 1 aliphatic rings. The molecule has 0 aromatic heterocycles. The van der Waals surface area contributed by atoms with Gasteiger partial charge >= 0.3 is 0 Å². The summed E-state index contributed by atoms with van der Waals surface area (Å²) in [5.41, 5.74) is 0.387. The van der Waals surface area contributed by atoms with Gasteiger partial charge in [-0.25, -0.2) is 0 Å². The number of rotatable bonds is 5. The summed E-state index contributed by atoms with van der Waals surface area (Å²) in [6.45, 7) is 7.32. The average Bonchev–Trinajstić information content (AvgIpc) is 2.21. The van der Waals surface area contributed by atoms with Crippen LogP contribution in [0.4, 0.5) is 0 Å². The molecule has 1 N–H and O–H groups in total. The van der Waals surface area contributed by atoms with Crippen molar-refractivity contribution in [3.8, 4) is 0 Å². The van der Waals surface area contributed by atoms with Crippen LogP contribution in [-0.4, -0.2) is 62.7 Å². The van der Waals surface area contributed by atoms with Crippen molar-refractivity contribution in [3.63, 3.8) is 0 Å². The topological polar surface area (TPSA) is 18.5 Å². The van der Waals surface area contributed by atoms with Gasteiger partial charge in [-0.2, -0.15) is 0 Å². The lowest BCUT2D eigenvalue weighted by Crippen LogP contribution is -2.50. The third-order valence-corrected chi connectivity index (χ3v) is 3.64. The fourth-order valence-electron chi connectivity index (χ4n) is 2.13. The van der Waals surface area contributed by atoms with Gasteiger partial charge < -0.3 is 15.1 Å². The van der Waals surface area contributed by atoms with Crippen molar-refractivity contribution in [2.45, 2.75) is 31.7 Å². The van der Waals surface area contributed by atoms with Crippen LogP contribution in [0.5, 0.6) is 0 Å². The maximum atomic E-state index is 3.44. The van der Waals surface area contributed by atoms with Crippen LogP contribution in [-0.2, 0) is 0 Å². The molecular weight excluding hydrogens is 186 g/mol. The number of hydrogen-bond donors (Lipinski definition) is 1. The van der Waals surface area contributed by atoms with E-state index < -0.39 is 0 Å². The van der Waals surface area contributed by atoms with E-state index in [1.165, 1.54) is 45.4 Å². The SMILES string of the molecule is CNC1(C)CCN(CCCN(C)C)CC1. The molecule has 0 atom stereocenters. The van der Waals surface area contributed by atoms with Gasteiger partial charge in [-0.15, -0.1) is 0 Å². The van der Waals surface area contributed by atoms with Gasteiger partial charge in [0.1, 0.15) is 0 Å². The first-order valence-electron chi connectivity index (χ1n) is 6.12. The minimum atomic E-state index is 0.387. The molecule has 0 aromatic carbocycles. The van der Waals surface area contributed by atoms with Crippen LogP contribution in [0.15, 0.2) is 0 Å². The standard InChI is InChI=1S/C12H27N3/c1-12(13-2)6-10-15(11-7-12)9-5-8-14(3)4/h13H,5-11H2,1-4H3. The number of hydrogen-bond acceptors (Lipinski definition) is 3. The number of likely N-dealkylation sites (tertiary alicyclic amines) is 1. The predicted octanol–water partition coefficient (Wildman–Crippen LogP) is 1.01. The highest BCUT2D eigenvalue weighted by Gasteiger charge is 2.27. The zero-order valence-electron chi connectivity index (χ0n) is 10.8. The van der Waals surface area contributed by atoms with Crippen LogP contribution in [0.3, 0.4) is 0 Å². The Labute approximate surface area is 94.8 Å². The van der Waals surface area contributed by atoms with Crippen molar-refractivity contribution >= 4 is 0 Å². The molecule has 0 amide bonds. The second-order valence-corrected chi connectivity index (χ2v) is 5.31. The molecular formula is C12H27N3. The summed E-state index contributed by atoms with van der Waals surface area (Å²) < 4.78 is 0. The molecule has 0 unspecified atom stereocenters. The summed E-state index contributed by atoms with van der Waals surface area (Å²) in [5.74, 6) is 0. The summed E-state index contributed by atoms with van der Waals surface area (Å²) >= 11 is 0. The van der Waals surface area contributed by atoms with Crippen molar-refractivity contribution in [2.24, 2.45) is 0 Å². The molecule has 1 aliphatic heterocycles. The quantitative estimate of drug-likeness (QED) is 0.735. The van der Waals surface area contributed by atoms with Gasteiger partial charge in [-0.3, -0.25) is 0 Å². The Bertz CT molecular complexity index is 172. The molecule has 3 heteroatoms. The van der Waals surface area contributed by atoms with Crippen LogP contribution in [0.2, 0.25) is 0 Å². The van der Waals surface area contributed by atoms with Crippen LogP contribution >= 0.6 is 0 Å². The van der Waals surface area contributed by atoms with Crippen molar-refractivity contribution in [1.82, 2.24) is 15.1 Å². The maximum Gasteiger partial charge on any atom is 0.0174 e. The number of piperidine rings is 1. The minimum absolute atomic E-state index is 0.387. The lowest BCUT2D eigenvalue weighted by Gasteiger charge is -2.39. The van der Waals surface area contributed by atoms with E-state index in [2.05, 4.69) is 43.2 Å². The molecule has 1 saturated heterocycles. The van der Waals surface area contributed by atoms with Crippen LogP contribution in [0.1, 0.15) is 26.2 Å². The zero-order chi connectivity index (χ0) is 11.3. The van der Waals surface area contributed by atoms with E-state index in [0.29, 0.717) is 5.54 Å². The minimum Gasteiger partial charge on any atom is -0.314 e. The first-order chi connectivity index (χ1) is 7.06.